The molecule has 5 rings (SSSR count). The summed E-state index contributed by atoms with van der Waals surface area (Å²) in [6.07, 6.45) is 6.86. The highest BCUT2D eigenvalue weighted by Crippen LogP contribution is 2.31. The molecule has 1 aliphatic rings. The van der Waals surface area contributed by atoms with Crippen LogP contribution >= 0.6 is 0 Å². The molecule has 0 bridgehead atoms. The first kappa shape index (κ1) is 18.8. The van der Waals surface area contributed by atoms with Crippen molar-refractivity contribution in [3.8, 4) is 0 Å². The Kier molecular flexibility index (Phi) is 4.96. The summed E-state index contributed by atoms with van der Waals surface area (Å²) in [6.45, 7) is 4.49. The molecule has 0 spiro atoms. The molecule has 1 fully saturated rings. The molecule has 7 heteroatoms. The van der Waals surface area contributed by atoms with Crippen molar-refractivity contribution in [3.63, 3.8) is 0 Å². The van der Waals surface area contributed by atoms with E-state index in [4.69, 9.17) is 4.98 Å². The first-order chi connectivity index (χ1) is 14.7. The van der Waals surface area contributed by atoms with Gasteiger partial charge in [0.05, 0.1) is 17.2 Å². The zero-order chi connectivity index (χ0) is 20.5. The highest BCUT2D eigenvalue weighted by atomic mass is 16.3. The highest BCUT2D eigenvalue weighted by molar-refractivity contribution is 5.87. The molecular formula is C23H26N6O. The van der Waals surface area contributed by atoms with Gasteiger partial charge in [0, 0.05) is 48.0 Å². The van der Waals surface area contributed by atoms with Gasteiger partial charge in [-0.2, -0.15) is 5.10 Å². The number of rotatable bonds is 5. The number of nitrogens with one attached hydrogen (secondary N) is 2. The van der Waals surface area contributed by atoms with Crippen LogP contribution in [0.5, 0.6) is 0 Å². The Morgan fingerprint density at radius 1 is 1.13 bits per heavy atom. The predicted octanol–water partition coefficient (Wildman–Crippen LogP) is 4.16. The van der Waals surface area contributed by atoms with E-state index in [0.717, 1.165) is 59.8 Å². The summed E-state index contributed by atoms with van der Waals surface area (Å²) in [4.78, 5) is 11.8. The maximum Gasteiger partial charge on any atom is 0.227 e. The van der Waals surface area contributed by atoms with Crippen LogP contribution in [0, 0.1) is 12.8 Å². The summed E-state index contributed by atoms with van der Waals surface area (Å²) in [5.74, 6) is 1.22. The normalized spacial score (nSPS) is 15.2. The number of aliphatic hydroxyl groups excluding tert-OH is 1. The van der Waals surface area contributed by atoms with Crippen molar-refractivity contribution in [2.24, 2.45) is 5.92 Å². The number of nitrogens with zero attached hydrogens (tertiary/aromatic N) is 4. The van der Waals surface area contributed by atoms with Gasteiger partial charge in [0.1, 0.15) is 0 Å². The molecule has 0 unspecified atom stereocenters. The fourth-order valence-electron chi connectivity index (χ4n) is 4.42. The second kappa shape index (κ2) is 7.91. The van der Waals surface area contributed by atoms with Crippen molar-refractivity contribution in [1.82, 2.24) is 20.2 Å². The van der Waals surface area contributed by atoms with E-state index in [1.165, 1.54) is 11.3 Å². The van der Waals surface area contributed by atoms with Crippen LogP contribution in [0.1, 0.15) is 24.8 Å². The summed E-state index contributed by atoms with van der Waals surface area (Å²) in [7, 11) is 0. The zero-order valence-electron chi connectivity index (χ0n) is 17.1. The number of hydrogen-bond acceptors (Lipinski definition) is 6. The van der Waals surface area contributed by atoms with Gasteiger partial charge in [-0.25, -0.2) is 9.97 Å². The van der Waals surface area contributed by atoms with Crippen LogP contribution in [0.2, 0.25) is 0 Å². The molecule has 4 aromatic rings. The topological polar surface area (TPSA) is 90.0 Å². The van der Waals surface area contributed by atoms with Crippen LogP contribution in [-0.2, 0) is 0 Å². The minimum atomic E-state index is 0.291. The number of aromatic amines is 1. The maximum atomic E-state index is 9.20. The van der Waals surface area contributed by atoms with Gasteiger partial charge >= 0.3 is 0 Å². The highest BCUT2D eigenvalue weighted by Gasteiger charge is 2.21. The van der Waals surface area contributed by atoms with Crippen LogP contribution in [0.15, 0.2) is 42.7 Å². The van der Waals surface area contributed by atoms with E-state index in [-0.39, 0.29) is 0 Å². The minimum Gasteiger partial charge on any atom is -0.396 e. The van der Waals surface area contributed by atoms with Crippen molar-refractivity contribution < 1.29 is 5.11 Å². The third-order valence-electron chi connectivity index (χ3n) is 6.17. The molecule has 0 atom stereocenters. The number of aliphatic hydroxyl groups is 1. The van der Waals surface area contributed by atoms with Crippen molar-refractivity contribution in [1.29, 1.82) is 0 Å². The molecule has 7 nitrogen and oxygen atoms in total. The molecular weight excluding hydrogens is 376 g/mol. The fraction of sp³-hybridized carbons (Fsp3) is 0.348. The first-order valence-corrected chi connectivity index (χ1v) is 10.5. The summed E-state index contributed by atoms with van der Waals surface area (Å²) in [5, 5.41) is 21.7. The van der Waals surface area contributed by atoms with Crippen LogP contribution in [0.4, 0.5) is 17.3 Å². The number of anilines is 3. The van der Waals surface area contributed by atoms with E-state index < -0.39 is 0 Å². The van der Waals surface area contributed by atoms with Crippen LogP contribution in [-0.4, -0.2) is 45.0 Å². The average molecular weight is 403 g/mol. The molecule has 0 aliphatic carbocycles. The van der Waals surface area contributed by atoms with Gasteiger partial charge in [0.2, 0.25) is 5.95 Å². The van der Waals surface area contributed by atoms with E-state index in [1.807, 2.05) is 30.6 Å². The van der Waals surface area contributed by atoms with Gasteiger partial charge < -0.3 is 15.3 Å². The largest absolute Gasteiger partial charge is 0.396 e. The number of piperidine rings is 1. The molecule has 0 amide bonds. The molecule has 1 aliphatic heterocycles. The standard InChI is InChI=1S/C23H26N6O/c1-15-21(29-9-6-16(7-10-29)8-11-30)5-3-18-13-24-23(27-22(15)18)26-19-4-2-17-14-25-28-20(17)12-19/h2-5,12-14,16,30H,6-11H2,1H3,(H,25,28)(H,24,26,27). The van der Waals surface area contributed by atoms with Crippen molar-refractivity contribution >= 4 is 39.1 Å². The number of H-pyrrole nitrogens is 1. The Hall–Kier alpha value is -3.19. The van der Waals surface area contributed by atoms with Crippen molar-refractivity contribution in [3.05, 3.63) is 48.3 Å². The molecule has 2 aromatic carbocycles. The predicted molar refractivity (Wildman–Crippen MR) is 120 cm³/mol. The van der Waals surface area contributed by atoms with Crippen LogP contribution < -0.4 is 10.2 Å². The molecule has 0 radical (unpaired) electrons. The number of hydrogen-bond donors (Lipinski definition) is 3. The van der Waals surface area contributed by atoms with E-state index in [1.54, 1.807) is 0 Å². The van der Waals surface area contributed by atoms with E-state index >= 15 is 0 Å². The number of benzene rings is 2. The average Bonchev–Trinajstić information content (AvgIpc) is 3.23. The monoisotopic (exact) mass is 402 g/mol. The lowest BCUT2D eigenvalue weighted by Crippen LogP contribution is -2.34. The lowest BCUT2D eigenvalue weighted by molar-refractivity contribution is 0.240. The number of aromatic nitrogens is 4. The quantitative estimate of drug-likeness (QED) is 0.464. The van der Waals surface area contributed by atoms with Gasteiger partial charge in [0.25, 0.3) is 0 Å². The number of fused-ring (bicyclic) bond motifs is 2. The van der Waals surface area contributed by atoms with Crippen LogP contribution in [0.3, 0.4) is 0 Å². The molecule has 3 N–H and O–H groups in total. The first-order valence-electron chi connectivity index (χ1n) is 10.5. The summed E-state index contributed by atoms with van der Waals surface area (Å²) in [5.41, 5.74) is 5.30. The summed E-state index contributed by atoms with van der Waals surface area (Å²) < 4.78 is 0. The molecule has 3 heterocycles. The van der Waals surface area contributed by atoms with Gasteiger partial charge in [-0.1, -0.05) is 0 Å². The van der Waals surface area contributed by atoms with Gasteiger partial charge in [-0.05, 0) is 68.0 Å². The number of aryl methyl sites for hydroxylation is 1. The molecule has 0 saturated carbocycles. The van der Waals surface area contributed by atoms with Crippen LogP contribution in [0.25, 0.3) is 21.8 Å². The lowest BCUT2D eigenvalue weighted by Gasteiger charge is -2.34. The zero-order valence-corrected chi connectivity index (χ0v) is 17.1. The second-order valence-electron chi connectivity index (χ2n) is 8.08. The SMILES string of the molecule is Cc1c(N2CCC(CCO)CC2)ccc2cnc(Nc3ccc4cn[nH]c4c3)nc12. The Morgan fingerprint density at radius 2 is 1.97 bits per heavy atom. The lowest BCUT2D eigenvalue weighted by atomic mass is 9.93. The molecule has 30 heavy (non-hydrogen) atoms. The maximum absolute atomic E-state index is 9.20. The Labute approximate surface area is 175 Å². The Bertz CT molecular complexity index is 1180. The van der Waals surface area contributed by atoms with E-state index in [0.29, 0.717) is 18.5 Å². The van der Waals surface area contributed by atoms with Gasteiger partial charge in [-0.3, -0.25) is 5.10 Å². The van der Waals surface area contributed by atoms with Crippen molar-refractivity contribution in [2.45, 2.75) is 26.2 Å². The fourth-order valence-corrected chi connectivity index (χ4v) is 4.42. The third kappa shape index (κ3) is 3.57. The molecule has 2 aromatic heterocycles. The minimum absolute atomic E-state index is 0.291. The smallest absolute Gasteiger partial charge is 0.227 e. The second-order valence-corrected chi connectivity index (χ2v) is 8.08. The Balaban J connectivity index is 1.41. The van der Waals surface area contributed by atoms with Gasteiger partial charge in [-0.15, -0.1) is 0 Å². The van der Waals surface area contributed by atoms with Crippen molar-refractivity contribution in [2.75, 3.05) is 29.9 Å². The Morgan fingerprint density at radius 3 is 2.80 bits per heavy atom. The molecule has 1 saturated heterocycles. The summed E-state index contributed by atoms with van der Waals surface area (Å²) in [6, 6.07) is 10.3. The van der Waals surface area contributed by atoms with Gasteiger partial charge in [0.15, 0.2) is 0 Å². The van der Waals surface area contributed by atoms with E-state index in [9.17, 15) is 5.11 Å². The van der Waals surface area contributed by atoms with E-state index in [2.05, 4.69) is 44.5 Å². The third-order valence-corrected chi connectivity index (χ3v) is 6.17. The molecule has 154 valence electrons. The summed E-state index contributed by atoms with van der Waals surface area (Å²) >= 11 is 0.